The van der Waals surface area contributed by atoms with Crippen LogP contribution < -0.4 is 0 Å². The smallest absolute Gasteiger partial charge is 0.249 e. The van der Waals surface area contributed by atoms with E-state index in [1.165, 1.54) is 0 Å². The Hall–Kier alpha value is -2.97. The lowest BCUT2D eigenvalue weighted by Crippen LogP contribution is -2.59. The number of rotatable bonds is 8. The van der Waals surface area contributed by atoms with Gasteiger partial charge in [0.1, 0.15) is 11.6 Å². The van der Waals surface area contributed by atoms with Crippen LogP contribution in [0.25, 0.3) is 0 Å². The van der Waals surface area contributed by atoms with Crippen molar-refractivity contribution in [1.29, 1.82) is 0 Å². The normalized spacial score (nSPS) is 32.5. The molecule has 4 heterocycles. The Morgan fingerprint density at radius 1 is 0.950 bits per heavy atom. The molecule has 0 bridgehead atoms. The number of amides is 3. The standard InChI is InChI=1S/C32H43N3O5/c1-6-31-14-10-16-33(19-23-12-8-7-9-13-23)28(37)25(31)26-29(38)35(24(20-36)18-21(2)3)27-30(39)34(22(4)5)17-11-15-32(26,27)40-31/h7-15,21-22,24-27,36H,6,16-20H2,1-5H3/t24-,25-,26+,27?,31+,32+/m1/s1. The number of hydrogen-bond acceptors (Lipinski definition) is 5. The average Bonchev–Trinajstić information content (AvgIpc) is 3.22. The fourth-order valence-electron chi connectivity index (χ4n) is 7.39. The van der Waals surface area contributed by atoms with Gasteiger partial charge in [0.15, 0.2) is 0 Å². The fourth-order valence-corrected chi connectivity index (χ4v) is 7.39. The van der Waals surface area contributed by atoms with Gasteiger partial charge >= 0.3 is 0 Å². The molecular weight excluding hydrogens is 506 g/mol. The van der Waals surface area contributed by atoms with Gasteiger partial charge in [-0.05, 0) is 38.2 Å². The van der Waals surface area contributed by atoms with Crippen LogP contribution in [-0.2, 0) is 25.7 Å². The monoisotopic (exact) mass is 549 g/mol. The molecule has 1 unspecified atom stereocenters. The first-order valence-corrected chi connectivity index (χ1v) is 14.7. The van der Waals surface area contributed by atoms with E-state index in [9.17, 15) is 19.5 Å². The first-order valence-electron chi connectivity index (χ1n) is 14.7. The Labute approximate surface area is 237 Å². The lowest BCUT2D eigenvalue weighted by molar-refractivity contribution is -0.158. The second-order valence-electron chi connectivity index (χ2n) is 12.4. The van der Waals surface area contributed by atoms with Crippen molar-refractivity contribution >= 4 is 17.7 Å². The zero-order chi connectivity index (χ0) is 28.8. The fraction of sp³-hybridized carbons (Fsp3) is 0.594. The van der Waals surface area contributed by atoms with E-state index in [4.69, 9.17) is 4.74 Å². The van der Waals surface area contributed by atoms with Crippen LogP contribution in [0.15, 0.2) is 54.6 Å². The molecule has 2 fully saturated rings. The van der Waals surface area contributed by atoms with E-state index in [1.807, 2.05) is 89.3 Å². The summed E-state index contributed by atoms with van der Waals surface area (Å²) in [4.78, 5) is 48.6. The lowest BCUT2D eigenvalue weighted by atomic mass is 9.73. The molecule has 216 valence electrons. The first-order chi connectivity index (χ1) is 19.1. The molecule has 6 atom stereocenters. The highest BCUT2D eigenvalue weighted by Gasteiger charge is 2.75. The Morgan fingerprint density at radius 2 is 1.65 bits per heavy atom. The molecule has 0 saturated carbocycles. The van der Waals surface area contributed by atoms with Gasteiger partial charge in [-0.3, -0.25) is 14.4 Å². The minimum Gasteiger partial charge on any atom is -0.394 e. The summed E-state index contributed by atoms with van der Waals surface area (Å²) in [6.45, 7) is 10.9. The van der Waals surface area contributed by atoms with Crippen LogP contribution in [0.2, 0.25) is 0 Å². The number of benzene rings is 1. The van der Waals surface area contributed by atoms with E-state index < -0.39 is 35.1 Å². The second-order valence-corrected chi connectivity index (χ2v) is 12.4. The summed E-state index contributed by atoms with van der Waals surface area (Å²) < 4.78 is 7.03. The van der Waals surface area contributed by atoms with E-state index in [0.717, 1.165) is 5.56 Å². The molecule has 1 spiro atoms. The van der Waals surface area contributed by atoms with Gasteiger partial charge in [0.05, 0.1) is 30.1 Å². The summed E-state index contributed by atoms with van der Waals surface area (Å²) in [5.74, 6) is -2.09. The van der Waals surface area contributed by atoms with Crippen molar-refractivity contribution in [2.45, 2.75) is 83.3 Å². The molecule has 4 aliphatic heterocycles. The zero-order valence-corrected chi connectivity index (χ0v) is 24.3. The maximum Gasteiger partial charge on any atom is 0.249 e. The number of aliphatic hydroxyl groups excluding tert-OH is 1. The van der Waals surface area contributed by atoms with Crippen molar-refractivity contribution in [1.82, 2.24) is 14.7 Å². The molecule has 1 aromatic rings. The number of nitrogens with zero attached hydrogens (tertiary/aromatic N) is 3. The molecule has 1 aromatic carbocycles. The lowest BCUT2D eigenvalue weighted by Gasteiger charge is -2.41. The Morgan fingerprint density at radius 3 is 2.27 bits per heavy atom. The van der Waals surface area contributed by atoms with Crippen LogP contribution in [0.5, 0.6) is 0 Å². The summed E-state index contributed by atoms with van der Waals surface area (Å²) in [6.07, 6.45) is 8.77. The van der Waals surface area contributed by atoms with Crippen molar-refractivity contribution in [3.8, 4) is 0 Å². The van der Waals surface area contributed by atoms with Crippen molar-refractivity contribution in [2.75, 3.05) is 19.7 Å². The summed E-state index contributed by atoms with van der Waals surface area (Å²) in [6, 6.07) is 8.23. The molecule has 1 N–H and O–H groups in total. The number of fused-ring (bicyclic) bond motifs is 2. The van der Waals surface area contributed by atoms with Crippen LogP contribution in [0.4, 0.5) is 0 Å². The SMILES string of the molecule is CC[C@]12C=CCN(Cc3ccccc3)C(=O)[C@H]1[C@H]1C(=O)N([C@@H](CO)CC(C)C)C3C(=O)N(C(C)C)CC=C[C@@]31O2. The number of likely N-dealkylation sites (tertiary alicyclic amines) is 1. The highest BCUT2D eigenvalue weighted by atomic mass is 16.5. The maximum atomic E-state index is 14.6. The predicted molar refractivity (Wildman–Crippen MR) is 152 cm³/mol. The summed E-state index contributed by atoms with van der Waals surface area (Å²) >= 11 is 0. The molecule has 8 nitrogen and oxygen atoms in total. The predicted octanol–water partition coefficient (Wildman–Crippen LogP) is 3.16. The molecule has 3 amide bonds. The Balaban J connectivity index is 1.65. The average molecular weight is 550 g/mol. The van der Waals surface area contributed by atoms with Gasteiger partial charge in [0.2, 0.25) is 17.7 Å². The largest absolute Gasteiger partial charge is 0.394 e. The van der Waals surface area contributed by atoms with Gasteiger partial charge in [-0.2, -0.15) is 0 Å². The Bertz CT molecular complexity index is 1200. The zero-order valence-electron chi connectivity index (χ0n) is 24.3. The van der Waals surface area contributed by atoms with Crippen LogP contribution in [-0.4, -0.2) is 86.6 Å². The van der Waals surface area contributed by atoms with E-state index >= 15 is 0 Å². The second kappa shape index (κ2) is 10.8. The minimum atomic E-state index is -1.31. The third kappa shape index (κ3) is 4.40. The molecular formula is C32H43N3O5. The van der Waals surface area contributed by atoms with Gasteiger partial charge in [0.25, 0.3) is 0 Å². The molecule has 2 saturated heterocycles. The molecule has 40 heavy (non-hydrogen) atoms. The topological polar surface area (TPSA) is 90.4 Å². The number of hydrogen-bond donors (Lipinski definition) is 1. The van der Waals surface area contributed by atoms with Gasteiger partial charge in [-0.15, -0.1) is 0 Å². The highest BCUT2D eigenvalue weighted by Crippen LogP contribution is 2.59. The van der Waals surface area contributed by atoms with Crippen molar-refractivity contribution in [3.05, 3.63) is 60.2 Å². The maximum absolute atomic E-state index is 14.6. The van der Waals surface area contributed by atoms with Crippen LogP contribution in [0.3, 0.4) is 0 Å². The van der Waals surface area contributed by atoms with Crippen molar-refractivity contribution in [2.24, 2.45) is 17.8 Å². The third-order valence-electron chi connectivity index (χ3n) is 9.18. The van der Waals surface area contributed by atoms with Crippen molar-refractivity contribution < 1.29 is 24.2 Å². The van der Waals surface area contributed by atoms with Gasteiger partial charge < -0.3 is 24.5 Å². The molecule has 0 aliphatic carbocycles. The molecule has 0 aromatic heterocycles. The molecule has 4 aliphatic rings. The van der Waals surface area contributed by atoms with E-state index in [2.05, 4.69) is 0 Å². The van der Waals surface area contributed by atoms with Gasteiger partial charge in [-0.1, -0.05) is 75.4 Å². The van der Waals surface area contributed by atoms with Gasteiger partial charge in [-0.25, -0.2) is 0 Å². The minimum absolute atomic E-state index is 0.0871. The van der Waals surface area contributed by atoms with E-state index in [1.54, 1.807) is 14.7 Å². The summed E-state index contributed by atoms with van der Waals surface area (Å²) in [7, 11) is 0. The summed E-state index contributed by atoms with van der Waals surface area (Å²) in [5.41, 5.74) is -1.32. The number of carbonyl (C=O) groups excluding carboxylic acids is 3. The quantitative estimate of drug-likeness (QED) is 0.503. The number of aliphatic hydroxyl groups is 1. The van der Waals surface area contributed by atoms with E-state index in [0.29, 0.717) is 32.5 Å². The molecule has 0 radical (unpaired) electrons. The van der Waals surface area contributed by atoms with Crippen LogP contribution in [0, 0.1) is 17.8 Å². The highest BCUT2D eigenvalue weighted by molar-refractivity contribution is 6.00. The molecule has 8 heteroatoms. The van der Waals surface area contributed by atoms with Crippen LogP contribution >= 0.6 is 0 Å². The summed E-state index contributed by atoms with van der Waals surface area (Å²) in [5, 5.41) is 10.5. The Kier molecular flexibility index (Phi) is 7.70. The van der Waals surface area contributed by atoms with Crippen LogP contribution in [0.1, 0.15) is 53.0 Å². The number of ether oxygens (including phenoxy) is 1. The van der Waals surface area contributed by atoms with Crippen molar-refractivity contribution in [3.63, 3.8) is 0 Å². The molecule has 5 rings (SSSR count). The first kappa shape index (κ1) is 28.6. The third-order valence-corrected chi connectivity index (χ3v) is 9.18. The van der Waals surface area contributed by atoms with Gasteiger partial charge in [0, 0.05) is 25.7 Å². The number of carbonyl (C=O) groups is 3. The van der Waals surface area contributed by atoms with E-state index in [-0.39, 0.29) is 36.3 Å².